The predicted molar refractivity (Wildman–Crippen MR) is 87.6 cm³/mol. The van der Waals surface area contributed by atoms with Gasteiger partial charge in [-0.15, -0.1) is 0 Å². The van der Waals surface area contributed by atoms with E-state index >= 15 is 0 Å². The van der Waals surface area contributed by atoms with Crippen molar-refractivity contribution in [3.8, 4) is 5.75 Å². The van der Waals surface area contributed by atoms with Gasteiger partial charge in [-0.2, -0.15) is 0 Å². The lowest BCUT2D eigenvalue weighted by Crippen LogP contribution is -2.44. The highest BCUT2D eigenvalue weighted by Gasteiger charge is 2.43. The number of benzene rings is 1. The van der Waals surface area contributed by atoms with Crippen molar-refractivity contribution in [1.82, 2.24) is 9.97 Å². The quantitative estimate of drug-likeness (QED) is 0.872. The van der Waals surface area contributed by atoms with E-state index in [2.05, 4.69) is 14.9 Å². The van der Waals surface area contributed by atoms with Gasteiger partial charge in [-0.3, -0.25) is 4.98 Å². The summed E-state index contributed by atoms with van der Waals surface area (Å²) in [6.07, 6.45) is 8.43. The number of hydrogen-bond donors (Lipinski definition) is 0. The molecule has 0 amide bonds. The SMILES string of the molecule is c1ccc(O[C@H]2COC3(CCN(c4cnccn4)CC3)C2)cc1. The molecule has 0 aliphatic carbocycles. The Morgan fingerprint density at radius 2 is 1.96 bits per heavy atom. The molecule has 2 fully saturated rings. The zero-order chi connectivity index (χ0) is 15.5. The average Bonchev–Trinajstić information content (AvgIpc) is 2.99. The van der Waals surface area contributed by atoms with Crippen molar-refractivity contribution in [2.75, 3.05) is 24.6 Å². The Bertz CT molecular complexity index is 627. The molecule has 1 spiro atoms. The van der Waals surface area contributed by atoms with Gasteiger partial charge in [0.05, 0.1) is 18.4 Å². The van der Waals surface area contributed by atoms with E-state index in [0.717, 1.165) is 43.9 Å². The van der Waals surface area contributed by atoms with Gasteiger partial charge in [-0.1, -0.05) is 18.2 Å². The van der Waals surface area contributed by atoms with Gasteiger partial charge in [-0.25, -0.2) is 4.98 Å². The summed E-state index contributed by atoms with van der Waals surface area (Å²) in [6.45, 7) is 2.59. The number of ether oxygens (including phenoxy) is 2. The van der Waals surface area contributed by atoms with Crippen LogP contribution in [-0.4, -0.2) is 41.4 Å². The van der Waals surface area contributed by atoms with Gasteiger partial charge in [-0.05, 0) is 25.0 Å². The van der Waals surface area contributed by atoms with Crippen molar-refractivity contribution in [2.24, 2.45) is 0 Å². The van der Waals surface area contributed by atoms with Crippen molar-refractivity contribution >= 4 is 5.82 Å². The zero-order valence-corrected chi connectivity index (χ0v) is 13.1. The molecule has 1 aromatic carbocycles. The van der Waals surface area contributed by atoms with Crippen LogP contribution in [0.25, 0.3) is 0 Å². The van der Waals surface area contributed by atoms with Crippen LogP contribution in [-0.2, 0) is 4.74 Å². The molecule has 2 aliphatic heterocycles. The van der Waals surface area contributed by atoms with Crippen LogP contribution in [0.2, 0.25) is 0 Å². The van der Waals surface area contributed by atoms with E-state index in [-0.39, 0.29) is 11.7 Å². The van der Waals surface area contributed by atoms with Crippen molar-refractivity contribution in [1.29, 1.82) is 0 Å². The van der Waals surface area contributed by atoms with Gasteiger partial charge in [0.15, 0.2) is 0 Å². The predicted octanol–water partition coefficient (Wildman–Crippen LogP) is 2.68. The van der Waals surface area contributed by atoms with Crippen LogP contribution in [0.5, 0.6) is 5.75 Å². The molecule has 0 bridgehead atoms. The Labute approximate surface area is 136 Å². The topological polar surface area (TPSA) is 47.5 Å². The van der Waals surface area contributed by atoms with E-state index in [1.807, 2.05) is 36.5 Å². The first-order valence-electron chi connectivity index (χ1n) is 8.20. The largest absolute Gasteiger partial charge is 0.488 e. The van der Waals surface area contributed by atoms with Crippen LogP contribution in [0.3, 0.4) is 0 Å². The normalized spacial score (nSPS) is 23.1. The molecule has 2 saturated heterocycles. The Balaban J connectivity index is 1.35. The second-order valence-corrected chi connectivity index (χ2v) is 6.30. The van der Waals surface area contributed by atoms with E-state index < -0.39 is 0 Å². The van der Waals surface area contributed by atoms with Crippen molar-refractivity contribution < 1.29 is 9.47 Å². The molecule has 3 heterocycles. The van der Waals surface area contributed by atoms with E-state index in [9.17, 15) is 0 Å². The van der Waals surface area contributed by atoms with Gasteiger partial charge >= 0.3 is 0 Å². The van der Waals surface area contributed by atoms with E-state index in [0.29, 0.717) is 6.61 Å². The number of piperidine rings is 1. The highest BCUT2D eigenvalue weighted by atomic mass is 16.6. The molecule has 5 heteroatoms. The summed E-state index contributed by atoms with van der Waals surface area (Å²) in [5.41, 5.74) is -0.0296. The molecule has 0 radical (unpaired) electrons. The fourth-order valence-corrected chi connectivity index (χ4v) is 3.52. The van der Waals surface area contributed by atoms with Crippen LogP contribution >= 0.6 is 0 Å². The number of hydrogen-bond acceptors (Lipinski definition) is 5. The van der Waals surface area contributed by atoms with Crippen LogP contribution in [0.1, 0.15) is 19.3 Å². The molecule has 1 aromatic heterocycles. The summed E-state index contributed by atoms with van der Waals surface area (Å²) in [4.78, 5) is 10.8. The minimum absolute atomic E-state index is 0.0296. The molecule has 1 atom stereocenters. The number of para-hydroxylation sites is 1. The molecule has 0 saturated carbocycles. The number of aromatic nitrogens is 2. The first kappa shape index (κ1) is 14.5. The molecule has 2 aliphatic rings. The molecular formula is C18H21N3O2. The van der Waals surface area contributed by atoms with Gasteiger partial charge in [0.2, 0.25) is 0 Å². The molecule has 0 unspecified atom stereocenters. The summed E-state index contributed by atoms with van der Waals surface area (Å²) in [7, 11) is 0. The molecule has 120 valence electrons. The number of nitrogens with zero attached hydrogens (tertiary/aromatic N) is 3. The van der Waals surface area contributed by atoms with Gasteiger partial charge < -0.3 is 14.4 Å². The first-order chi connectivity index (χ1) is 11.3. The van der Waals surface area contributed by atoms with Crippen molar-refractivity contribution in [3.05, 3.63) is 48.9 Å². The van der Waals surface area contributed by atoms with Crippen molar-refractivity contribution in [3.63, 3.8) is 0 Å². The fraction of sp³-hybridized carbons (Fsp3) is 0.444. The maximum Gasteiger partial charge on any atom is 0.147 e. The standard InChI is InChI=1S/C18H21N3O2/c1-2-4-15(5-3-1)23-16-12-18(22-14-16)6-10-21(11-7-18)17-13-19-8-9-20-17/h1-5,8-9,13,16H,6-7,10-12,14H2/t16-/m1/s1. The molecule has 0 N–H and O–H groups in total. The molecule has 2 aromatic rings. The molecule has 4 rings (SSSR count). The molecule has 23 heavy (non-hydrogen) atoms. The van der Waals surface area contributed by atoms with Crippen LogP contribution in [0.4, 0.5) is 5.82 Å². The summed E-state index contributed by atoms with van der Waals surface area (Å²) in [6, 6.07) is 10.0. The maximum atomic E-state index is 6.16. The van der Waals surface area contributed by atoms with Gasteiger partial charge in [0.1, 0.15) is 17.7 Å². The summed E-state index contributed by atoms with van der Waals surface area (Å²) >= 11 is 0. The van der Waals surface area contributed by atoms with Crippen LogP contribution < -0.4 is 9.64 Å². The van der Waals surface area contributed by atoms with E-state index in [1.54, 1.807) is 12.4 Å². The van der Waals surface area contributed by atoms with Gasteiger partial charge in [0, 0.05) is 31.9 Å². The lowest BCUT2D eigenvalue weighted by Gasteiger charge is -2.38. The number of anilines is 1. The lowest BCUT2D eigenvalue weighted by molar-refractivity contribution is -0.0163. The van der Waals surface area contributed by atoms with Crippen LogP contribution in [0.15, 0.2) is 48.9 Å². The lowest BCUT2D eigenvalue weighted by atomic mass is 9.88. The number of rotatable bonds is 3. The Kier molecular flexibility index (Phi) is 3.87. The third-order valence-corrected chi connectivity index (χ3v) is 4.77. The third kappa shape index (κ3) is 3.15. The highest BCUT2D eigenvalue weighted by molar-refractivity contribution is 5.36. The monoisotopic (exact) mass is 311 g/mol. The minimum Gasteiger partial charge on any atom is -0.488 e. The smallest absolute Gasteiger partial charge is 0.147 e. The highest BCUT2D eigenvalue weighted by Crippen LogP contribution is 2.38. The second kappa shape index (κ2) is 6.16. The summed E-state index contributed by atoms with van der Waals surface area (Å²) in [5.74, 6) is 1.88. The zero-order valence-electron chi connectivity index (χ0n) is 13.1. The third-order valence-electron chi connectivity index (χ3n) is 4.77. The maximum absolute atomic E-state index is 6.16. The molecular weight excluding hydrogens is 290 g/mol. The Morgan fingerprint density at radius 3 is 2.70 bits per heavy atom. The second-order valence-electron chi connectivity index (χ2n) is 6.30. The summed E-state index contributed by atoms with van der Waals surface area (Å²) < 4.78 is 12.2. The summed E-state index contributed by atoms with van der Waals surface area (Å²) in [5, 5.41) is 0. The van der Waals surface area contributed by atoms with Gasteiger partial charge in [0.25, 0.3) is 0 Å². The van der Waals surface area contributed by atoms with Crippen LogP contribution in [0, 0.1) is 0 Å². The van der Waals surface area contributed by atoms with E-state index in [1.165, 1.54) is 0 Å². The molecule has 5 nitrogen and oxygen atoms in total. The van der Waals surface area contributed by atoms with Crippen molar-refractivity contribution in [2.45, 2.75) is 31.0 Å². The Morgan fingerprint density at radius 1 is 1.13 bits per heavy atom. The Hall–Kier alpha value is -2.14. The average molecular weight is 311 g/mol. The first-order valence-corrected chi connectivity index (χ1v) is 8.20. The fourth-order valence-electron chi connectivity index (χ4n) is 3.52. The minimum atomic E-state index is -0.0296. The van der Waals surface area contributed by atoms with E-state index in [4.69, 9.17) is 9.47 Å².